The smallest absolute Gasteiger partial charge is 0.269 e. The number of aromatic hydroxyl groups is 2. The van der Waals surface area contributed by atoms with Crippen LogP contribution in [0.5, 0.6) is 34.5 Å². The number of phenols is 2. The molecule has 0 unspecified atom stereocenters. The second-order valence-corrected chi connectivity index (χ2v) is 21.2. The molecule has 360 valence electrons. The number of nitro benzene ring substituents is 3. The van der Waals surface area contributed by atoms with Crippen LogP contribution in [0.2, 0.25) is 5.02 Å². The standard InChI is InChI=1S/C30H21N2O7P.C18H15O3P.C6H4ClNO2/c33-31(34)22-11-15-24(16-12-22)38-26-19-20-29(39-25-17-13-23(14-18-25)32(35)36)30(21-26)40(37,27-7-3-1-4-8-27)28-9-5-2-6-10-28;19-14-11-12-17(20)18(13-14)22(21,15-7-3-1-4-8-15)16-9-5-2-6-10-16;7-5-1-3-6(4-2-5)8(9)10/h1-21H;1-13,19-20H;1-4H. The third-order valence-corrected chi connectivity index (χ3v) is 17.1. The topological polar surface area (TPSA) is 222 Å². The Morgan fingerprint density at radius 1 is 0.389 bits per heavy atom. The van der Waals surface area contributed by atoms with Crippen molar-refractivity contribution >= 4 is 74.8 Å². The summed E-state index contributed by atoms with van der Waals surface area (Å²) in [7, 11) is -6.78. The SMILES string of the molecule is O=P(c1ccccc1)(c1ccccc1)c1cc(O)ccc1O.O=[N+]([O-])c1ccc(Cl)cc1.O=[N+]([O-])c1ccc(Oc2ccc(Oc3ccc([N+](=O)[O-])cc3)c(P(=O)(c3ccccc3)c3ccccc3)c2)cc1. The summed E-state index contributed by atoms with van der Waals surface area (Å²) >= 11 is 5.49. The van der Waals surface area contributed by atoms with Gasteiger partial charge in [-0.3, -0.25) is 30.3 Å². The highest BCUT2D eigenvalue weighted by Gasteiger charge is 2.34. The maximum atomic E-state index is 15.2. The molecule has 9 aromatic rings. The van der Waals surface area contributed by atoms with Crippen molar-refractivity contribution in [3.05, 3.63) is 266 Å². The molecule has 0 amide bonds. The van der Waals surface area contributed by atoms with Gasteiger partial charge in [0.25, 0.3) is 17.1 Å². The Morgan fingerprint density at radius 3 is 1.12 bits per heavy atom. The van der Waals surface area contributed by atoms with Gasteiger partial charge in [0, 0.05) is 62.6 Å². The van der Waals surface area contributed by atoms with Crippen molar-refractivity contribution in [3.63, 3.8) is 0 Å². The largest absolute Gasteiger partial charge is 0.508 e. The molecular formula is C54H40ClN3O12P2. The van der Waals surface area contributed by atoms with E-state index < -0.39 is 29.1 Å². The van der Waals surface area contributed by atoms with Gasteiger partial charge in [-0.15, -0.1) is 0 Å². The molecule has 0 aliphatic rings. The van der Waals surface area contributed by atoms with Crippen LogP contribution in [-0.2, 0) is 9.13 Å². The van der Waals surface area contributed by atoms with Crippen LogP contribution in [0.4, 0.5) is 17.1 Å². The highest BCUT2D eigenvalue weighted by Crippen LogP contribution is 2.48. The van der Waals surface area contributed by atoms with E-state index in [0.717, 1.165) is 0 Å². The molecule has 0 fully saturated rings. The molecule has 0 radical (unpaired) electrons. The first-order valence-electron chi connectivity index (χ1n) is 21.5. The Bertz CT molecular complexity index is 3330. The summed E-state index contributed by atoms with van der Waals surface area (Å²) in [5.41, 5.74) is -0.0967. The number of hydrogen-bond donors (Lipinski definition) is 2. The monoisotopic (exact) mass is 1020 g/mol. The molecule has 0 saturated carbocycles. The minimum absolute atomic E-state index is 0.0279. The number of non-ortho nitro benzene ring substituents is 3. The summed E-state index contributed by atoms with van der Waals surface area (Å²) in [4.78, 5) is 30.7. The van der Waals surface area contributed by atoms with E-state index in [-0.39, 0.29) is 39.6 Å². The van der Waals surface area contributed by atoms with Gasteiger partial charge in [-0.05, 0) is 72.8 Å². The average molecular weight is 1020 g/mol. The van der Waals surface area contributed by atoms with E-state index in [9.17, 15) is 45.1 Å². The first kappa shape index (κ1) is 51.0. The third-order valence-electron chi connectivity index (χ3n) is 10.6. The van der Waals surface area contributed by atoms with Gasteiger partial charge >= 0.3 is 0 Å². The van der Waals surface area contributed by atoms with E-state index in [0.29, 0.717) is 48.8 Å². The van der Waals surface area contributed by atoms with E-state index in [2.05, 4.69) is 0 Å². The van der Waals surface area contributed by atoms with Crippen molar-refractivity contribution < 1.29 is 43.6 Å². The second-order valence-electron chi connectivity index (χ2n) is 15.3. The zero-order chi connectivity index (χ0) is 51.3. The number of halogens is 1. The van der Waals surface area contributed by atoms with Crippen LogP contribution in [-0.4, -0.2) is 25.0 Å². The minimum atomic E-state index is -3.53. The number of phenolic OH excluding ortho intramolecular Hbond substituents is 2. The van der Waals surface area contributed by atoms with Gasteiger partial charge in [0.2, 0.25) is 0 Å². The molecule has 0 heterocycles. The van der Waals surface area contributed by atoms with Crippen molar-refractivity contribution in [2.24, 2.45) is 0 Å². The highest BCUT2D eigenvalue weighted by molar-refractivity contribution is 7.86. The first-order chi connectivity index (χ1) is 34.7. The molecule has 0 atom stereocenters. The molecule has 2 N–H and O–H groups in total. The Labute approximate surface area is 417 Å². The molecule has 0 aliphatic carbocycles. The van der Waals surface area contributed by atoms with Crippen LogP contribution >= 0.6 is 25.9 Å². The fourth-order valence-electron chi connectivity index (χ4n) is 7.16. The molecule has 0 bridgehead atoms. The Hall–Kier alpha value is -8.87. The van der Waals surface area contributed by atoms with Crippen molar-refractivity contribution in [2.75, 3.05) is 0 Å². The fourth-order valence-corrected chi connectivity index (χ4v) is 12.8. The lowest BCUT2D eigenvalue weighted by atomic mass is 10.3. The molecule has 0 spiro atoms. The van der Waals surface area contributed by atoms with E-state index >= 15 is 4.57 Å². The number of rotatable bonds is 13. The van der Waals surface area contributed by atoms with Gasteiger partial charge in [-0.25, -0.2) is 0 Å². The summed E-state index contributed by atoms with van der Waals surface area (Å²) in [6, 6.07) is 62.0. The lowest BCUT2D eigenvalue weighted by Crippen LogP contribution is -2.26. The second kappa shape index (κ2) is 23.2. The quantitative estimate of drug-likeness (QED) is 0.0476. The fraction of sp³-hybridized carbons (Fsp3) is 0. The van der Waals surface area contributed by atoms with E-state index in [1.165, 1.54) is 91.0 Å². The number of benzene rings is 9. The summed E-state index contributed by atoms with van der Waals surface area (Å²) in [6.07, 6.45) is 0. The summed E-state index contributed by atoms with van der Waals surface area (Å²) in [5, 5.41) is 55.6. The van der Waals surface area contributed by atoms with Crippen LogP contribution in [0.15, 0.2) is 231 Å². The highest BCUT2D eigenvalue weighted by atomic mass is 35.5. The van der Waals surface area contributed by atoms with Crippen LogP contribution in [0.3, 0.4) is 0 Å². The lowest BCUT2D eigenvalue weighted by Gasteiger charge is -2.23. The van der Waals surface area contributed by atoms with Crippen LogP contribution < -0.4 is 41.3 Å². The predicted molar refractivity (Wildman–Crippen MR) is 279 cm³/mol. The molecular weight excluding hydrogens is 980 g/mol. The van der Waals surface area contributed by atoms with Gasteiger partial charge in [-0.2, -0.15) is 0 Å². The number of nitro groups is 3. The van der Waals surface area contributed by atoms with Crippen molar-refractivity contribution in [3.8, 4) is 34.5 Å². The predicted octanol–water partition coefficient (Wildman–Crippen LogP) is 11.7. The minimum Gasteiger partial charge on any atom is -0.508 e. The maximum absolute atomic E-state index is 15.2. The number of hydrogen-bond acceptors (Lipinski definition) is 12. The molecule has 0 aliphatic heterocycles. The van der Waals surface area contributed by atoms with Crippen molar-refractivity contribution in [1.29, 1.82) is 0 Å². The lowest BCUT2D eigenvalue weighted by molar-refractivity contribution is -0.385. The Balaban J connectivity index is 0.000000197. The zero-order valence-corrected chi connectivity index (χ0v) is 40.1. The molecule has 18 heteroatoms. The van der Waals surface area contributed by atoms with Gasteiger partial charge in [0.05, 0.1) is 25.4 Å². The van der Waals surface area contributed by atoms with Crippen LogP contribution in [0.1, 0.15) is 0 Å². The van der Waals surface area contributed by atoms with Gasteiger partial charge in [0.1, 0.15) is 34.5 Å². The zero-order valence-electron chi connectivity index (χ0n) is 37.5. The van der Waals surface area contributed by atoms with Crippen molar-refractivity contribution in [2.45, 2.75) is 0 Å². The molecule has 9 rings (SSSR count). The van der Waals surface area contributed by atoms with E-state index in [1.807, 2.05) is 48.5 Å². The maximum Gasteiger partial charge on any atom is 0.269 e. The summed E-state index contributed by atoms with van der Waals surface area (Å²) < 4.78 is 41.3. The molecule has 0 saturated heterocycles. The van der Waals surface area contributed by atoms with E-state index in [4.69, 9.17) is 21.1 Å². The molecule has 0 aromatic heterocycles. The van der Waals surface area contributed by atoms with Crippen LogP contribution in [0, 0.1) is 30.3 Å². The van der Waals surface area contributed by atoms with Crippen LogP contribution in [0.25, 0.3) is 0 Å². The Morgan fingerprint density at radius 2 is 0.736 bits per heavy atom. The number of nitrogens with zero attached hydrogens (tertiary/aromatic N) is 3. The summed E-state index contributed by atoms with van der Waals surface area (Å²) in [5.74, 6) is 1.18. The van der Waals surface area contributed by atoms with Gasteiger partial charge in [-0.1, -0.05) is 133 Å². The van der Waals surface area contributed by atoms with Crippen molar-refractivity contribution in [1.82, 2.24) is 0 Å². The Kier molecular flexibility index (Phi) is 16.4. The third kappa shape index (κ3) is 12.1. The number of ether oxygens (including phenoxy) is 2. The molecule has 72 heavy (non-hydrogen) atoms. The molecule has 9 aromatic carbocycles. The first-order valence-corrected chi connectivity index (χ1v) is 25.3. The van der Waals surface area contributed by atoms with E-state index in [1.54, 1.807) is 91.0 Å². The summed E-state index contributed by atoms with van der Waals surface area (Å²) in [6.45, 7) is 0. The van der Waals surface area contributed by atoms with Gasteiger partial charge < -0.3 is 28.8 Å². The van der Waals surface area contributed by atoms with Gasteiger partial charge in [0.15, 0.2) is 14.3 Å². The normalized spacial score (nSPS) is 10.8. The molecule has 15 nitrogen and oxygen atoms in total. The average Bonchev–Trinajstić information content (AvgIpc) is 3.41.